The number of hydrogen-bond acceptors (Lipinski definition) is 6. The van der Waals surface area contributed by atoms with Gasteiger partial charge in [0.2, 0.25) is 11.0 Å². The second-order valence-corrected chi connectivity index (χ2v) is 6.27. The van der Waals surface area contributed by atoms with Gasteiger partial charge >= 0.3 is 0 Å². The van der Waals surface area contributed by atoms with E-state index in [1.807, 2.05) is 24.3 Å². The van der Waals surface area contributed by atoms with Gasteiger partial charge in [-0.3, -0.25) is 10.1 Å². The number of aromatic nitrogens is 4. The summed E-state index contributed by atoms with van der Waals surface area (Å²) in [5.74, 6) is 0.650. The first-order valence-corrected chi connectivity index (χ1v) is 8.21. The number of carbonyl (C=O) groups excluding carboxylic acids is 1. The number of imidazole rings is 1. The molecule has 124 valence electrons. The normalized spacial score (nSPS) is 11.9. The molecule has 1 atom stereocenters. The molecule has 1 amide bonds. The van der Waals surface area contributed by atoms with Crippen molar-refractivity contribution in [3.63, 3.8) is 0 Å². The van der Waals surface area contributed by atoms with Crippen LogP contribution in [0.4, 0.5) is 5.13 Å². The number of amides is 1. The fourth-order valence-electron chi connectivity index (χ4n) is 2.18. The van der Waals surface area contributed by atoms with Crippen LogP contribution in [0, 0.1) is 0 Å². The van der Waals surface area contributed by atoms with Crippen LogP contribution < -0.4 is 10.1 Å². The van der Waals surface area contributed by atoms with Crippen LogP contribution in [-0.2, 0) is 11.2 Å². The number of nitrogens with one attached hydrogen (secondary N) is 1. The van der Waals surface area contributed by atoms with Gasteiger partial charge in [-0.2, -0.15) is 0 Å². The van der Waals surface area contributed by atoms with Crippen LogP contribution in [0.1, 0.15) is 23.5 Å². The molecule has 0 spiro atoms. The third kappa shape index (κ3) is 3.77. The molecule has 0 saturated heterocycles. The highest BCUT2D eigenvalue weighted by Gasteiger charge is 2.16. The van der Waals surface area contributed by atoms with E-state index in [9.17, 15) is 4.79 Å². The van der Waals surface area contributed by atoms with Gasteiger partial charge in [0.25, 0.3) is 0 Å². The first-order chi connectivity index (χ1) is 11.7. The minimum atomic E-state index is -0.363. The lowest BCUT2D eigenvalue weighted by atomic mass is 10.1. The molecule has 0 saturated carbocycles. The molecule has 3 aromatic rings. The maximum atomic E-state index is 12.2. The first-order valence-electron chi connectivity index (χ1n) is 7.39. The standard InChI is InChI=1S/C16H17N5O2S/c1-11(21-7-6-17-10-21)15(22)18-16-20-19-14(24-16)9-12-4-3-5-13(8-12)23-2/h3-8,10-11H,9H2,1-2H3,(H,18,20,22)/t11-/m1/s1. The molecule has 7 nitrogen and oxygen atoms in total. The van der Waals surface area contributed by atoms with Crippen molar-refractivity contribution in [3.05, 3.63) is 53.6 Å². The number of nitrogens with zero attached hydrogens (tertiary/aromatic N) is 4. The van der Waals surface area contributed by atoms with Gasteiger partial charge in [0.1, 0.15) is 16.8 Å². The number of hydrogen-bond donors (Lipinski definition) is 1. The SMILES string of the molecule is COc1cccc(Cc2nnc(NC(=O)[C@@H](C)n3ccnc3)s2)c1. The second kappa shape index (κ2) is 7.22. The van der Waals surface area contributed by atoms with Crippen LogP contribution in [0.25, 0.3) is 0 Å². The number of benzene rings is 1. The van der Waals surface area contributed by atoms with Crippen LogP contribution in [-0.4, -0.2) is 32.8 Å². The third-order valence-electron chi connectivity index (χ3n) is 3.54. The van der Waals surface area contributed by atoms with Crippen LogP contribution in [0.15, 0.2) is 43.0 Å². The smallest absolute Gasteiger partial charge is 0.249 e. The summed E-state index contributed by atoms with van der Waals surface area (Å²) in [6.07, 6.45) is 5.64. The van der Waals surface area contributed by atoms with E-state index in [2.05, 4.69) is 20.5 Å². The molecule has 1 N–H and O–H groups in total. The Hall–Kier alpha value is -2.74. The highest BCUT2D eigenvalue weighted by atomic mass is 32.1. The zero-order valence-electron chi connectivity index (χ0n) is 13.3. The maximum Gasteiger partial charge on any atom is 0.249 e. The Balaban J connectivity index is 1.64. The molecule has 0 aliphatic heterocycles. The van der Waals surface area contributed by atoms with E-state index in [-0.39, 0.29) is 11.9 Å². The van der Waals surface area contributed by atoms with E-state index in [4.69, 9.17) is 4.74 Å². The average molecular weight is 343 g/mol. The van der Waals surface area contributed by atoms with E-state index >= 15 is 0 Å². The summed E-state index contributed by atoms with van der Waals surface area (Å²) in [5.41, 5.74) is 1.08. The Morgan fingerprint density at radius 2 is 2.29 bits per heavy atom. The van der Waals surface area contributed by atoms with Gasteiger partial charge in [0, 0.05) is 18.8 Å². The van der Waals surface area contributed by atoms with E-state index < -0.39 is 0 Å². The molecule has 1 aromatic carbocycles. The fraction of sp³-hybridized carbons (Fsp3) is 0.250. The molecule has 24 heavy (non-hydrogen) atoms. The molecule has 8 heteroatoms. The zero-order chi connectivity index (χ0) is 16.9. The number of carbonyl (C=O) groups is 1. The summed E-state index contributed by atoms with van der Waals surface area (Å²) in [6.45, 7) is 1.80. The molecule has 2 aromatic heterocycles. The predicted octanol–water partition coefficient (Wildman–Crippen LogP) is 2.53. The Morgan fingerprint density at radius 3 is 3.04 bits per heavy atom. The molecular formula is C16H17N5O2S. The van der Waals surface area contributed by atoms with E-state index in [0.717, 1.165) is 16.3 Å². The van der Waals surface area contributed by atoms with Gasteiger partial charge in [-0.05, 0) is 24.6 Å². The number of methoxy groups -OCH3 is 1. The highest BCUT2D eigenvalue weighted by Crippen LogP contribution is 2.21. The maximum absolute atomic E-state index is 12.2. The fourth-order valence-corrected chi connectivity index (χ4v) is 2.95. The summed E-state index contributed by atoms with van der Waals surface area (Å²) >= 11 is 1.36. The number of ether oxygens (including phenoxy) is 1. The monoisotopic (exact) mass is 343 g/mol. The topological polar surface area (TPSA) is 81.9 Å². The Kier molecular flexibility index (Phi) is 4.85. The second-order valence-electron chi connectivity index (χ2n) is 5.20. The van der Waals surface area contributed by atoms with Crippen molar-refractivity contribution in [2.45, 2.75) is 19.4 Å². The lowest BCUT2D eigenvalue weighted by Crippen LogP contribution is -2.22. The quantitative estimate of drug-likeness (QED) is 0.744. The van der Waals surface area contributed by atoms with Crippen molar-refractivity contribution >= 4 is 22.4 Å². The van der Waals surface area contributed by atoms with Crippen LogP contribution in [0.5, 0.6) is 5.75 Å². The average Bonchev–Trinajstić information content (AvgIpc) is 3.26. The first kappa shape index (κ1) is 16.1. The van der Waals surface area contributed by atoms with Crippen LogP contribution in [0.2, 0.25) is 0 Å². The third-order valence-corrected chi connectivity index (χ3v) is 4.38. The van der Waals surface area contributed by atoms with Gasteiger partial charge in [-0.15, -0.1) is 10.2 Å². The van der Waals surface area contributed by atoms with Gasteiger partial charge < -0.3 is 9.30 Å². The van der Waals surface area contributed by atoms with Crippen molar-refractivity contribution in [1.82, 2.24) is 19.7 Å². The van der Waals surface area contributed by atoms with Crippen molar-refractivity contribution in [2.75, 3.05) is 12.4 Å². The molecule has 0 fully saturated rings. The van der Waals surface area contributed by atoms with Gasteiger partial charge in [-0.25, -0.2) is 4.98 Å². The zero-order valence-corrected chi connectivity index (χ0v) is 14.2. The van der Waals surface area contributed by atoms with Crippen molar-refractivity contribution in [2.24, 2.45) is 0 Å². The number of anilines is 1. The minimum absolute atomic E-state index is 0.155. The minimum Gasteiger partial charge on any atom is -0.497 e. The Labute approximate surface area is 143 Å². The Morgan fingerprint density at radius 1 is 1.42 bits per heavy atom. The molecule has 0 radical (unpaired) electrons. The highest BCUT2D eigenvalue weighted by molar-refractivity contribution is 7.15. The van der Waals surface area contributed by atoms with E-state index in [1.165, 1.54) is 11.3 Å². The summed E-state index contributed by atoms with van der Waals surface area (Å²) in [6, 6.07) is 7.43. The summed E-state index contributed by atoms with van der Waals surface area (Å²) in [7, 11) is 1.64. The van der Waals surface area contributed by atoms with Gasteiger partial charge in [-0.1, -0.05) is 23.5 Å². The van der Waals surface area contributed by atoms with Crippen molar-refractivity contribution in [1.29, 1.82) is 0 Å². The molecule has 0 bridgehead atoms. The van der Waals surface area contributed by atoms with Crippen molar-refractivity contribution < 1.29 is 9.53 Å². The summed E-state index contributed by atoms with van der Waals surface area (Å²) in [4.78, 5) is 16.2. The largest absolute Gasteiger partial charge is 0.497 e. The lowest BCUT2D eigenvalue weighted by Gasteiger charge is -2.11. The molecule has 3 rings (SSSR count). The molecular weight excluding hydrogens is 326 g/mol. The molecule has 0 aliphatic rings. The number of rotatable bonds is 6. The van der Waals surface area contributed by atoms with Gasteiger partial charge in [0.05, 0.1) is 13.4 Å². The van der Waals surface area contributed by atoms with Crippen molar-refractivity contribution in [3.8, 4) is 5.75 Å². The summed E-state index contributed by atoms with van der Waals surface area (Å²) < 4.78 is 6.94. The molecule has 0 unspecified atom stereocenters. The van der Waals surface area contributed by atoms with E-state index in [0.29, 0.717) is 11.6 Å². The molecule has 2 heterocycles. The summed E-state index contributed by atoms with van der Waals surface area (Å²) in [5, 5.41) is 12.3. The van der Waals surface area contributed by atoms with Gasteiger partial charge in [0.15, 0.2) is 0 Å². The lowest BCUT2D eigenvalue weighted by molar-refractivity contribution is -0.118. The van der Waals surface area contributed by atoms with E-state index in [1.54, 1.807) is 37.3 Å². The van der Waals surface area contributed by atoms with Crippen LogP contribution in [0.3, 0.4) is 0 Å². The Bertz CT molecular complexity index is 816. The predicted molar refractivity (Wildman–Crippen MR) is 91.3 cm³/mol. The van der Waals surface area contributed by atoms with Crippen LogP contribution >= 0.6 is 11.3 Å². The molecule has 0 aliphatic carbocycles.